The predicted octanol–water partition coefficient (Wildman–Crippen LogP) is 7.90. The number of phenolic OH excluding ortho intramolecular Hbond substituents is 1. The molecular formula is C46H45F4N5O6S. The molecule has 1 atom stereocenters. The zero-order valence-corrected chi connectivity index (χ0v) is 34.6. The zero-order chi connectivity index (χ0) is 43.1. The van der Waals surface area contributed by atoms with E-state index in [1.54, 1.807) is 36.4 Å². The average Bonchev–Trinajstić information content (AvgIpc) is 3.77. The molecule has 1 aromatic heterocycles. The second-order valence-electron chi connectivity index (χ2n) is 16.4. The molecule has 3 amide bonds. The van der Waals surface area contributed by atoms with Crippen molar-refractivity contribution in [2.75, 3.05) is 63.9 Å². The van der Waals surface area contributed by atoms with Crippen LogP contribution in [0.25, 0.3) is 20.5 Å². The van der Waals surface area contributed by atoms with Crippen molar-refractivity contribution in [3.8, 4) is 33.4 Å². The smallest absolute Gasteiger partial charge is 0.416 e. The quantitative estimate of drug-likeness (QED) is 0.101. The number of amides is 3. The fraction of sp³-hybridized carbons (Fsp3) is 0.370. The fourth-order valence-corrected chi connectivity index (χ4v) is 10.1. The molecule has 0 saturated carbocycles. The van der Waals surface area contributed by atoms with Crippen LogP contribution in [0.4, 0.5) is 23.2 Å². The third-order valence-electron chi connectivity index (χ3n) is 12.3. The number of aromatic hydroxyl groups is 1. The van der Waals surface area contributed by atoms with Gasteiger partial charge < -0.3 is 24.4 Å². The van der Waals surface area contributed by atoms with Crippen molar-refractivity contribution < 1.29 is 46.5 Å². The highest BCUT2D eigenvalue weighted by atomic mass is 32.1. The Morgan fingerprint density at radius 3 is 2.26 bits per heavy atom. The normalized spacial score (nSPS) is 19.3. The highest BCUT2D eigenvalue weighted by Gasteiger charge is 2.40. The summed E-state index contributed by atoms with van der Waals surface area (Å²) in [6.07, 6.45) is -1.86. The number of carbonyl (C=O) groups is 3. The van der Waals surface area contributed by atoms with Crippen LogP contribution in [-0.2, 0) is 22.3 Å². The van der Waals surface area contributed by atoms with Gasteiger partial charge in [0.05, 0.1) is 16.1 Å². The van der Waals surface area contributed by atoms with Gasteiger partial charge in [-0.2, -0.15) is 13.2 Å². The number of halogens is 4. The third-order valence-corrected chi connectivity index (χ3v) is 13.5. The number of alkyl halides is 3. The number of phenols is 1. The molecule has 5 aromatic rings. The minimum Gasteiger partial charge on any atom is -0.508 e. The molecule has 2 N–H and O–H groups in total. The van der Waals surface area contributed by atoms with Crippen LogP contribution in [0.2, 0.25) is 0 Å². The number of imide groups is 1. The number of ether oxygens (including phenoxy) is 2. The number of carbonyl (C=O) groups excluding carboxylic acids is 3. The Morgan fingerprint density at radius 1 is 0.823 bits per heavy atom. The first-order chi connectivity index (χ1) is 29.9. The van der Waals surface area contributed by atoms with E-state index in [0.29, 0.717) is 64.6 Å². The van der Waals surface area contributed by atoms with Gasteiger partial charge in [-0.15, -0.1) is 11.3 Å². The van der Waals surface area contributed by atoms with Gasteiger partial charge in [0.2, 0.25) is 11.8 Å². The molecule has 0 spiro atoms. The minimum absolute atomic E-state index is 0.0830. The van der Waals surface area contributed by atoms with Gasteiger partial charge in [-0.1, -0.05) is 12.1 Å². The summed E-state index contributed by atoms with van der Waals surface area (Å²) in [6.45, 7) is 7.42. The lowest BCUT2D eigenvalue weighted by Gasteiger charge is -2.39. The van der Waals surface area contributed by atoms with Crippen molar-refractivity contribution in [2.45, 2.75) is 44.4 Å². The monoisotopic (exact) mass is 871 g/mol. The van der Waals surface area contributed by atoms with Gasteiger partial charge in [0, 0.05) is 67.9 Å². The van der Waals surface area contributed by atoms with Crippen LogP contribution in [0.15, 0.2) is 78.9 Å². The lowest BCUT2D eigenvalue weighted by Crippen LogP contribution is -2.52. The molecule has 5 heterocycles. The van der Waals surface area contributed by atoms with E-state index < -0.39 is 29.5 Å². The van der Waals surface area contributed by atoms with E-state index in [4.69, 9.17) is 9.47 Å². The first-order valence-electron chi connectivity index (χ1n) is 20.9. The van der Waals surface area contributed by atoms with Crippen LogP contribution >= 0.6 is 11.3 Å². The molecule has 4 aliphatic heterocycles. The van der Waals surface area contributed by atoms with Crippen molar-refractivity contribution in [3.05, 3.63) is 101 Å². The van der Waals surface area contributed by atoms with E-state index in [2.05, 4.69) is 15.1 Å². The Hall–Kier alpha value is -5.71. The number of nitrogens with zero attached hydrogens (tertiary/aromatic N) is 4. The summed E-state index contributed by atoms with van der Waals surface area (Å²) < 4.78 is 68.3. The van der Waals surface area contributed by atoms with E-state index in [1.807, 2.05) is 17.0 Å². The Labute approximate surface area is 359 Å². The van der Waals surface area contributed by atoms with Gasteiger partial charge in [-0.05, 0) is 116 Å². The molecule has 11 nitrogen and oxygen atoms in total. The number of fused-ring (bicyclic) bond motifs is 2. The van der Waals surface area contributed by atoms with E-state index >= 15 is 4.39 Å². The SMILES string of the molecule is O=C1CCC(N2Cc3cc(N4CCN(CC5CCN(CCOc6ccc(Oc7c(-c8ccc(C(F)(F)F)cc8)sc8cc(O)ccc78)cc6)CC5)CC4)c(F)cc3C2=O)C(=O)N1. The molecule has 1 unspecified atom stereocenters. The Balaban J connectivity index is 0.720. The first-order valence-corrected chi connectivity index (χ1v) is 21.7. The molecule has 16 heteroatoms. The summed E-state index contributed by atoms with van der Waals surface area (Å²) in [6, 6.07) is 19.4. The molecule has 4 aliphatic rings. The second-order valence-corrected chi connectivity index (χ2v) is 17.4. The molecule has 0 radical (unpaired) electrons. The Bertz CT molecular complexity index is 2480. The predicted molar refractivity (Wildman–Crippen MR) is 226 cm³/mol. The van der Waals surface area contributed by atoms with E-state index in [9.17, 15) is 32.7 Å². The van der Waals surface area contributed by atoms with Gasteiger partial charge in [0.25, 0.3) is 5.91 Å². The third kappa shape index (κ3) is 8.81. The summed E-state index contributed by atoms with van der Waals surface area (Å²) in [5.74, 6) is 0.719. The molecule has 0 bridgehead atoms. The molecular weight excluding hydrogens is 827 g/mol. The van der Waals surface area contributed by atoms with Crippen molar-refractivity contribution in [1.82, 2.24) is 20.0 Å². The zero-order valence-electron chi connectivity index (χ0n) is 33.8. The van der Waals surface area contributed by atoms with Crippen LogP contribution in [-0.4, -0.2) is 103 Å². The number of piperidine rings is 2. The van der Waals surface area contributed by atoms with Crippen LogP contribution in [0, 0.1) is 11.7 Å². The van der Waals surface area contributed by atoms with Crippen molar-refractivity contribution >= 4 is 44.8 Å². The second kappa shape index (κ2) is 17.2. The molecule has 324 valence electrons. The number of hydrogen-bond acceptors (Lipinski definition) is 10. The highest BCUT2D eigenvalue weighted by Crippen LogP contribution is 2.47. The lowest BCUT2D eigenvalue weighted by atomic mass is 9.96. The summed E-state index contributed by atoms with van der Waals surface area (Å²) >= 11 is 1.33. The molecule has 0 aliphatic carbocycles. The molecule has 4 aromatic carbocycles. The number of likely N-dealkylation sites (tertiary alicyclic amines) is 1. The topological polar surface area (TPSA) is 115 Å². The summed E-state index contributed by atoms with van der Waals surface area (Å²) in [4.78, 5) is 46.2. The number of nitrogens with one attached hydrogen (secondary N) is 1. The molecule has 3 saturated heterocycles. The number of piperazine rings is 1. The number of rotatable bonds is 11. The lowest BCUT2D eigenvalue weighted by molar-refractivity contribution is -0.138. The van der Waals surface area contributed by atoms with Crippen LogP contribution in [0.5, 0.6) is 23.0 Å². The number of benzene rings is 4. The van der Waals surface area contributed by atoms with Crippen molar-refractivity contribution in [1.29, 1.82) is 0 Å². The van der Waals surface area contributed by atoms with Gasteiger partial charge in [-0.3, -0.25) is 29.5 Å². The summed E-state index contributed by atoms with van der Waals surface area (Å²) in [7, 11) is 0. The van der Waals surface area contributed by atoms with Gasteiger partial charge in [-0.25, -0.2) is 4.39 Å². The maximum absolute atomic E-state index is 15.4. The molecule has 9 rings (SSSR count). The summed E-state index contributed by atoms with van der Waals surface area (Å²) in [5.41, 5.74) is 1.29. The number of anilines is 1. The van der Waals surface area contributed by atoms with Crippen LogP contribution in [0.1, 0.15) is 47.2 Å². The van der Waals surface area contributed by atoms with E-state index in [0.717, 1.165) is 74.3 Å². The molecule has 3 fully saturated rings. The first kappa shape index (κ1) is 41.6. The maximum atomic E-state index is 15.4. The fourth-order valence-electron chi connectivity index (χ4n) is 8.93. The average molecular weight is 872 g/mol. The highest BCUT2D eigenvalue weighted by molar-refractivity contribution is 7.22. The number of hydrogen-bond donors (Lipinski definition) is 2. The Morgan fingerprint density at radius 2 is 1.55 bits per heavy atom. The van der Waals surface area contributed by atoms with Gasteiger partial charge >= 0.3 is 6.18 Å². The van der Waals surface area contributed by atoms with E-state index in [-0.39, 0.29) is 42.5 Å². The maximum Gasteiger partial charge on any atom is 0.416 e. The van der Waals surface area contributed by atoms with Crippen molar-refractivity contribution in [3.63, 3.8) is 0 Å². The van der Waals surface area contributed by atoms with Crippen LogP contribution < -0.4 is 19.7 Å². The summed E-state index contributed by atoms with van der Waals surface area (Å²) in [5, 5.41) is 13.1. The number of thiophene rings is 1. The Kier molecular flexibility index (Phi) is 11.6. The largest absolute Gasteiger partial charge is 0.508 e. The van der Waals surface area contributed by atoms with E-state index in [1.165, 1.54) is 34.4 Å². The minimum atomic E-state index is -4.44. The van der Waals surface area contributed by atoms with Crippen LogP contribution in [0.3, 0.4) is 0 Å². The van der Waals surface area contributed by atoms with Gasteiger partial charge in [0.1, 0.15) is 35.7 Å². The van der Waals surface area contributed by atoms with Gasteiger partial charge in [0.15, 0.2) is 5.75 Å². The van der Waals surface area contributed by atoms with Crippen molar-refractivity contribution in [2.24, 2.45) is 5.92 Å². The molecule has 62 heavy (non-hydrogen) atoms. The standard InChI is InChI=1S/C46H45F4N5O6S/c47-37-25-36-30(27-55(45(36)59)38-11-12-41(57)51-44(38)58)23-39(37)54-19-17-53(18-20-54)26-28-13-15-52(16-14-28)21-22-60-33-6-8-34(9-7-33)61-42-35-10-5-32(56)24-40(35)62-43(42)29-1-3-31(4-2-29)46(48,49)50/h1-10,23-25,28,38,56H,11-22,26-27H2,(H,51,57,58).